The van der Waals surface area contributed by atoms with Crippen LogP contribution in [0.3, 0.4) is 0 Å². The van der Waals surface area contributed by atoms with Crippen LogP contribution in [-0.2, 0) is 16.7 Å². The average Bonchev–Trinajstić information content (AvgIpc) is 2.21. The van der Waals surface area contributed by atoms with Gasteiger partial charge < -0.3 is 14.7 Å². The number of nitrogens with zero attached hydrogens (tertiary/aromatic N) is 1. The van der Waals surface area contributed by atoms with Gasteiger partial charge in [-0.3, -0.25) is 4.55 Å². The maximum absolute atomic E-state index is 10.7. The molecule has 0 radical (unpaired) electrons. The van der Waals surface area contributed by atoms with Gasteiger partial charge in [-0.25, -0.2) is 0 Å². The molecule has 0 heterocycles. The van der Waals surface area contributed by atoms with E-state index in [-0.39, 0.29) is 28.3 Å². The van der Waals surface area contributed by atoms with Gasteiger partial charge in [-0.1, -0.05) is 6.07 Å². The SMILES string of the molecule is C[N+](C)(CCS(=O)(=O)O)Cc1cccc(O)c1O. The first-order chi connectivity index (χ1) is 8.11. The molecule has 0 aromatic heterocycles. The van der Waals surface area contributed by atoms with Crippen molar-refractivity contribution in [1.29, 1.82) is 0 Å². The fourth-order valence-electron chi connectivity index (χ4n) is 1.61. The van der Waals surface area contributed by atoms with E-state index in [2.05, 4.69) is 0 Å². The van der Waals surface area contributed by atoms with Crippen molar-refractivity contribution in [2.45, 2.75) is 6.54 Å². The van der Waals surface area contributed by atoms with E-state index in [0.29, 0.717) is 12.1 Å². The molecule has 0 saturated carbocycles. The molecule has 0 aliphatic heterocycles. The average molecular weight is 276 g/mol. The van der Waals surface area contributed by atoms with Crippen LogP contribution in [0.15, 0.2) is 18.2 Å². The Morgan fingerprint density at radius 1 is 1.22 bits per heavy atom. The molecule has 0 amide bonds. The highest BCUT2D eigenvalue weighted by Crippen LogP contribution is 2.29. The normalized spacial score (nSPS) is 12.6. The first-order valence-corrected chi connectivity index (χ1v) is 6.99. The number of aromatic hydroxyl groups is 2. The lowest BCUT2D eigenvalue weighted by Gasteiger charge is -2.29. The number of hydrogen-bond donors (Lipinski definition) is 3. The third-order valence-corrected chi connectivity index (χ3v) is 3.35. The molecular formula is C11H18NO5S+. The minimum atomic E-state index is -4.00. The number of phenols is 2. The largest absolute Gasteiger partial charge is 0.504 e. The van der Waals surface area contributed by atoms with E-state index >= 15 is 0 Å². The summed E-state index contributed by atoms with van der Waals surface area (Å²) in [5, 5.41) is 19.0. The van der Waals surface area contributed by atoms with Crippen LogP contribution in [0.25, 0.3) is 0 Å². The lowest BCUT2D eigenvalue weighted by atomic mass is 10.1. The molecule has 0 saturated heterocycles. The zero-order valence-electron chi connectivity index (χ0n) is 10.4. The Balaban J connectivity index is 2.79. The minimum Gasteiger partial charge on any atom is -0.504 e. The van der Waals surface area contributed by atoms with Crippen LogP contribution in [0.4, 0.5) is 0 Å². The first kappa shape index (κ1) is 14.7. The fourth-order valence-corrected chi connectivity index (χ4v) is 2.33. The smallest absolute Gasteiger partial charge is 0.270 e. The van der Waals surface area contributed by atoms with Gasteiger partial charge in [0.1, 0.15) is 12.3 Å². The Kier molecular flexibility index (Phi) is 4.20. The molecule has 6 nitrogen and oxygen atoms in total. The van der Waals surface area contributed by atoms with Gasteiger partial charge in [0.25, 0.3) is 10.1 Å². The summed E-state index contributed by atoms with van der Waals surface area (Å²) in [6.07, 6.45) is 0. The predicted octanol–water partition coefficient (Wildman–Crippen LogP) is 0.562. The van der Waals surface area contributed by atoms with E-state index in [0.717, 1.165) is 0 Å². The van der Waals surface area contributed by atoms with Gasteiger partial charge in [-0.2, -0.15) is 8.42 Å². The lowest BCUT2D eigenvalue weighted by molar-refractivity contribution is -0.901. The monoisotopic (exact) mass is 276 g/mol. The standard InChI is InChI=1S/C11H17NO5S/c1-12(2,6-7-18(15,16)17)8-9-4-3-5-10(13)11(9)14/h3-5H,6-8H2,1-2H3,(H2-,13,14,15,16,17)/p+1. The van der Waals surface area contributed by atoms with Gasteiger partial charge in [0, 0.05) is 0 Å². The lowest BCUT2D eigenvalue weighted by Crippen LogP contribution is -2.42. The first-order valence-electron chi connectivity index (χ1n) is 5.38. The zero-order chi connectivity index (χ0) is 14.0. The summed E-state index contributed by atoms with van der Waals surface area (Å²) in [7, 11) is -0.450. The fraction of sp³-hybridized carbons (Fsp3) is 0.455. The highest BCUT2D eigenvalue weighted by Gasteiger charge is 2.21. The molecule has 0 aliphatic rings. The van der Waals surface area contributed by atoms with Gasteiger partial charge in [0.15, 0.2) is 11.5 Å². The van der Waals surface area contributed by atoms with E-state index in [1.807, 2.05) is 0 Å². The van der Waals surface area contributed by atoms with Gasteiger partial charge in [-0.05, 0) is 12.1 Å². The summed E-state index contributed by atoms with van der Waals surface area (Å²) in [6.45, 7) is 0.545. The van der Waals surface area contributed by atoms with Gasteiger partial charge in [-0.15, -0.1) is 0 Å². The molecule has 3 N–H and O–H groups in total. The number of benzene rings is 1. The minimum absolute atomic E-state index is 0.199. The van der Waals surface area contributed by atoms with Gasteiger partial charge >= 0.3 is 0 Å². The van der Waals surface area contributed by atoms with Crippen LogP contribution >= 0.6 is 0 Å². The molecule has 102 valence electrons. The molecule has 7 heteroatoms. The van der Waals surface area contributed by atoms with Crippen molar-refractivity contribution in [3.8, 4) is 11.5 Å². The molecule has 18 heavy (non-hydrogen) atoms. The zero-order valence-corrected chi connectivity index (χ0v) is 11.2. The number of phenolic OH excluding ortho intramolecular Hbond substituents is 2. The second-order valence-electron chi connectivity index (χ2n) is 4.89. The summed E-state index contributed by atoms with van der Waals surface area (Å²) >= 11 is 0. The van der Waals surface area contributed by atoms with Crippen molar-refractivity contribution in [2.75, 3.05) is 26.4 Å². The van der Waals surface area contributed by atoms with E-state index in [9.17, 15) is 18.6 Å². The summed E-state index contributed by atoms with van der Waals surface area (Å²) < 4.78 is 30.4. The highest BCUT2D eigenvalue weighted by molar-refractivity contribution is 7.85. The summed E-state index contributed by atoms with van der Waals surface area (Å²) in [5.41, 5.74) is 0.523. The molecule has 1 rings (SSSR count). The van der Waals surface area contributed by atoms with Crippen molar-refractivity contribution >= 4 is 10.1 Å². The van der Waals surface area contributed by atoms with E-state index < -0.39 is 10.1 Å². The van der Waals surface area contributed by atoms with Gasteiger partial charge in [0.2, 0.25) is 0 Å². The molecule has 1 aromatic carbocycles. The molecule has 0 spiro atoms. The van der Waals surface area contributed by atoms with E-state index in [1.54, 1.807) is 26.2 Å². The third-order valence-electron chi connectivity index (χ3n) is 2.65. The second kappa shape index (κ2) is 5.13. The van der Waals surface area contributed by atoms with Crippen molar-refractivity contribution in [2.24, 2.45) is 0 Å². The maximum atomic E-state index is 10.7. The molecule has 0 fully saturated rings. The molecular weight excluding hydrogens is 258 g/mol. The number of hydrogen-bond acceptors (Lipinski definition) is 4. The Labute approximate surface area is 106 Å². The quantitative estimate of drug-likeness (QED) is 0.415. The van der Waals surface area contributed by atoms with Crippen LogP contribution in [0.2, 0.25) is 0 Å². The number of rotatable bonds is 5. The van der Waals surface area contributed by atoms with Crippen molar-refractivity contribution in [3.63, 3.8) is 0 Å². The van der Waals surface area contributed by atoms with Crippen LogP contribution in [0, 0.1) is 0 Å². The molecule has 1 aromatic rings. The third kappa shape index (κ3) is 4.52. The van der Waals surface area contributed by atoms with Gasteiger partial charge in [0.05, 0.1) is 26.2 Å². The molecule has 0 aliphatic carbocycles. The number of para-hydroxylation sites is 1. The van der Waals surface area contributed by atoms with Crippen LogP contribution in [0.1, 0.15) is 5.56 Å². The Hall–Kier alpha value is -1.31. The second-order valence-corrected chi connectivity index (χ2v) is 6.46. The van der Waals surface area contributed by atoms with Crippen molar-refractivity contribution in [3.05, 3.63) is 23.8 Å². The summed E-state index contributed by atoms with van der Waals surface area (Å²) in [4.78, 5) is 0. The maximum Gasteiger partial charge on any atom is 0.270 e. The Morgan fingerprint density at radius 3 is 2.39 bits per heavy atom. The highest BCUT2D eigenvalue weighted by atomic mass is 32.2. The summed E-state index contributed by atoms with van der Waals surface area (Å²) in [5.74, 6) is -0.752. The molecule has 0 unspecified atom stereocenters. The molecule has 0 bridgehead atoms. The molecule has 0 atom stereocenters. The van der Waals surface area contributed by atoms with Crippen LogP contribution < -0.4 is 0 Å². The number of quaternary nitrogens is 1. The van der Waals surface area contributed by atoms with Crippen LogP contribution in [-0.4, -0.2) is 54.1 Å². The topological polar surface area (TPSA) is 94.8 Å². The van der Waals surface area contributed by atoms with E-state index in [4.69, 9.17) is 4.55 Å². The van der Waals surface area contributed by atoms with Crippen molar-refractivity contribution in [1.82, 2.24) is 0 Å². The Morgan fingerprint density at radius 2 is 1.83 bits per heavy atom. The predicted molar refractivity (Wildman–Crippen MR) is 66.9 cm³/mol. The van der Waals surface area contributed by atoms with E-state index in [1.165, 1.54) is 6.07 Å². The van der Waals surface area contributed by atoms with Crippen molar-refractivity contribution < 1.29 is 27.7 Å². The summed E-state index contributed by atoms with van der Waals surface area (Å²) in [6, 6.07) is 4.63. The Bertz CT molecular complexity index is 524. The van der Waals surface area contributed by atoms with Crippen LogP contribution in [0.5, 0.6) is 11.5 Å².